The predicted octanol–water partition coefficient (Wildman–Crippen LogP) is 3.48. The highest BCUT2D eigenvalue weighted by atomic mass is 79.9. The predicted molar refractivity (Wildman–Crippen MR) is 79.9 cm³/mol. The summed E-state index contributed by atoms with van der Waals surface area (Å²) in [5.74, 6) is 0.237. The van der Waals surface area contributed by atoms with Gasteiger partial charge < -0.3 is 10.0 Å². The number of rotatable bonds is 3. The van der Waals surface area contributed by atoms with Crippen LogP contribution in [0.1, 0.15) is 41.6 Å². The van der Waals surface area contributed by atoms with E-state index in [4.69, 9.17) is 0 Å². The second kappa shape index (κ2) is 6.42. The zero-order valence-electron chi connectivity index (χ0n) is 11.2. The van der Waals surface area contributed by atoms with Gasteiger partial charge in [0.05, 0.1) is 0 Å². The van der Waals surface area contributed by atoms with Gasteiger partial charge in [-0.1, -0.05) is 22.0 Å². The maximum absolute atomic E-state index is 12.5. The van der Waals surface area contributed by atoms with Crippen molar-refractivity contribution in [2.45, 2.75) is 38.6 Å². The molecule has 0 aromatic heterocycles. The SMILES string of the molecule is Cc1ccc(C(=O)N2CCCCC2CCBr)cc1O. The fraction of sp³-hybridized carbons (Fsp3) is 0.533. The number of carbonyl (C=O) groups excluding carboxylic acids is 1. The van der Waals surface area contributed by atoms with Crippen LogP contribution in [0, 0.1) is 6.92 Å². The van der Waals surface area contributed by atoms with Crippen LogP contribution in [-0.2, 0) is 0 Å². The summed E-state index contributed by atoms with van der Waals surface area (Å²) >= 11 is 3.46. The van der Waals surface area contributed by atoms with Gasteiger partial charge in [-0.15, -0.1) is 0 Å². The highest BCUT2D eigenvalue weighted by molar-refractivity contribution is 9.09. The number of benzene rings is 1. The molecule has 1 aliphatic heterocycles. The van der Waals surface area contributed by atoms with Crippen LogP contribution in [0.3, 0.4) is 0 Å². The number of piperidine rings is 1. The summed E-state index contributed by atoms with van der Waals surface area (Å²) < 4.78 is 0. The van der Waals surface area contributed by atoms with Gasteiger partial charge in [-0.25, -0.2) is 0 Å². The Morgan fingerprint density at radius 1 is 1.47 bits per heavy atom. The summed E-state index contributed by atoms with van der Waals surface area (Å²) in [6.45, 7) is 2.66. The molecule has 1 atom stereocenters. The molecule has 104 valence electrons. The van der Waals surface area contributed by atoms with Crippen molar-refractivity contribution in [2.75, 3.05) is 11.9 Å². The lowest BCUT2D eigenvalue weighted by molar-refractivity contribution is 0.0609. The van der Waals surface area contributed by atoms with E-state index in [1.165, 1.54) is 6.42 Å². The Balaban J connectivity index is 2.18. The summed E-state index contributed by atoms with van der Waals surface area (Å²) in [5, 5.41) is 10.7. The van der Waals surface area contributed by atoms with E-state index >= 15 is 0 Å². The molecule has 1 fully saturated rings. The molecule has 1 aliphatic rings. The van der Waals surface area contributed by atoms with Crippen LogP contribution in [0.25, 0.3) is 0 Å². The molecule has 0 spiro atoms. The van der Waals surface area contributed by atoms with E-state index in [2.05, 4.69) is 15.9 Å². The third-order valence-electron chi connectivity index (χ3n) is 3.79. The lowest BCUT2D eigenvalue weighted by atomic mass is 9.98. The third-order valence-corrected chi connectivity index (χ3v) is 4.24. The van der Waals surface area contributed by atoms with E-state index in [1.54, 1.807) is 18.2 Å². The van der Waals surface area contributed by atoms with E-state index in [0.717, 1.165) is 36.7 Å². The summed E-state index contributed by atoms with van der Waals surface area (Å²) in [5.41, 5.74) is 1.39. The van der Waals surface area contributed by atoms with Crippen LogP contribution < -0.4 is 0 Å². The van der Waals surface area contributed by atoms with Gasteiger partial charge in [-0.05, 0) is 50.3 Å². The minimum atomic E-state index is 0.0425. The Hall–Kier alpha value is -1.03. The number of hydrogen-bond donors (Lipinski definition) is 1. The van der Waals surface area contributed by atoms with Crippen molar-refractivity contribution >= 4 is 21.8 Å². The fourth-order valence-corrected chi connectivity index (χ4v) is 3.13. The number of nitrogens with zero attached hydrogens (tertiary/aromatic N) is 1. The van der Waals surface area contributed by atoms with Crippen molar-refractivity contribution in [2.24, 2.45) is 0 Å². The Labute approximate surface area is 122 Å². The standard InChI is InChI=1S/C15H20BrNO2/c1-11-5-6-12(10-14(11)18)15(19)17-9-3-2-4-13(17)7-8-16/h5-6,10,13,18H,2-4,7-9H2,1H3. The van der Waals surface area contributed by atoms with Crippen molar-refractivity contribution in [3.05, 3.63) is 29.3 Å². The number of hydrogen-bond acceptors (Lipinski definition) is 2. The molecule has 2 rings (SSSR count). The molecule has 0 radical (unpaired) electrons. The molecule has 1 aromatic carbocycles. The molecule has 19 heavy (non-hydrogen) atoms. The number of phenols is 1. The van der Waals surface area contributed by atoms with Crippen molar-refractivity contribution < 1.29 is 9.90 Å². The number of halogens is 1. The molecule has 3 nitrogen and oxygen atoms in total. The lowest BCUT2D eigenvalue weighted by Crippen LogP contribution is -2.43. The zero-order chi connectivity index (χ0) is 13.8. The van der Waals surface area contributed by atoms with Crippen LogP contribution in [0.5, 0.6) is 5.75 Å². The molecule has 1 aromatic rings. The third kappa shape index (κ3) is 3.30. The summed E-state index contributed by atoms with van der Waals surface area (Å²) in [6.07, 6.45) is 4.34. The molecular weight excluding hydrogens is 306 g/mol. The minimum Gasteiger partial charge on any atom is -0.508 e. The molecule has 1 heterocycles. The monoisotopic (exact) mass is 325 g/mol. The van der Waals surface area contributed by atoms with E-state index in [9.17, 15) is 9.90 Å². The first-order valence-electron chi connectivity index (χ1n) is 6.80. The Morgan fingerprint density at radius 2 is 2.26 bits per heavy atom. The second-order valence-electron chi connectivity index (χ2n) is 5.13. The zero-order valence-corrected chi connectivity index (χ0v) is 12.8. The van der Waals surface area contributed by atoms with Gasteiger partial charge in [-0.3, -0.25) is 4.79 Å². The normalized spacial score (nSPS) is 19.5. The lowest BCUT2D eigenvalue weighted by Gasteiger charge is -2.35. The van der Waals surface area contributed by atoms with Crippen LogP contribution in [0.15, 0.2) is 18.2 Å². The van der Waals surface area contributed by atoms with E-state index < -0.39 is 0 Å². The maximum atomic E-state index is 12.5. The molecule has 1 saturated heterocycles. The van der Waals surface area contributed by atoms with Crippen molar-refractivity contribution in [1.29, 1.82) is 0 Å². The molecule has 4 heteroatoms. The molecule has 0 aliphatic carbocycles. The van der Waals surface area contributed by atoms with E-state index in [0.29, 0.717) is 11.6 Å². The summed E-state index contributed by atoms with van der Waals surface area (Å²) in [4.78, 5) is 14.5. The largest absolute Gasteiger partial charge is 0.508 e. The van der Waals surface area contributed by atoms with Crippen LogP contribution in [0.4, 0.5) is 0 Å². The number of likely N-dealkylation sites (tertiary alicyclic amines) is 1. The van der Waals surface area contributed by atoms with Gasteiger partial charge in [0.1, 0.15) is 5.75 Å². The number of phenolic OH excluding ortho intramolecular Hbond substituents is 1. The van der Waals surface area contributed by atoms with Crippen molar-refractivity contribution in [1.82, 2.24) is 4.90 Å². The first-order chi connectivity index (χ1) is 9.13. The molecule has 1 N–H and O–H groups in total. The number of carbonyl (C=O) groups is 1. The topological polar surface area (TPSA) is 40.5 Å². The van der Waals surface area contributed by atoms with E-state index in [-0.39, 0.29) is 11.7 Å². The summed E-state index contributed by atoms with van der Waals surface area (Å²) in [6, 6.07) is 5.50. The number of aryl methyl sites for hydroxylation is 1. The number of alkyl halides is 1. The number of amides is 1. The van der Waals surface area contributed by atoms with Crippen molar-refractivity contribution in [3.63, 3.8) is 0 Å². The van der Waals surface area contributed by atoms with Gasteiger partial charge >= 0.3 is 0 Å². The quantitative estimate of drug-likeness (QED) is 0.864. The van der Waals surface area contributed by atoms with Gasteiger partial charge in [0, 0.05) is 23.5 Å². The first kappa shape index (κ1) is 14.4. The molecular formula is C15H20BrNO2. The van der Waals surface area contributed by atoms with Gasteiger partial charge in [0.25, 0.3) is 5.91 Å². The van der Waals surface area contributed by atoms with Gasteiger partial charge in [0.15, 0.2) is 0 Å². The highest BCUT2D eigenvalue weighted by Gasteiger charge is 2.27. The molecule has 1 amide bonds. The highest BCUT2D eigenvalue weighted by Crippen LogP contribution is 2.24. The van der Waals surface area contributed by atoms with Crippen LogP contribution in [-0.4, -0.2) is 33.8 Å². The van der Waals surface area contributed by atoms with Gasteiger partial charge in [-0.2, -0.15) is 0 Å². The molecule has 0 saturated carbocycles. The first-order valence-corrected chi connectivity index (χ1v) is 7.92. The average Bonchev–Trinajstić information content (AvgIpc) is 2.42. The molecule has 1 unspecified atom stereocenters. The maximum Gasteiger partial charge on any atom is 0.254 e. The Bertz CT molecular complexity index is 459. The average molecular weight is 326 g/mol. The van der Waals surface area contributed by atoms with Gasteiger partial charge in [0.2, 0.25) is 0 Å². The smallest absolute Gasteiger partial charge is 0.254 e. The molecule has 0 bridgehead atoms. The van der Waals surface area contributed by atoms with Crippen molar-refractivity contribution in [3.8, 4) is 5.75 Å². The van der Waals surface area contributed by atoms with E-state index in [1.807, 2.05) is 11.8 Å². The number of aromatic hydroxyl groups is 1. The fourth-order valence-electron chi connectivity index (χ4n) is 2.60. The summed E-state index contributed by atoms with van der Waals surface area (Å²) in [7, 11) is 0. The van der Waals surface area contributed by atoms with Crippen LogP contribution in [0.2, 0.25) is 0 Å². The van der Waals surface area contributed by atoms with Crippen LogP contribution >= 0.6 is 15.9 Å². The Kier molecular flexibility index (Phi) is 4.86. The second-order valence-corrected chi connectivity index (χ2v) is 5.92. The minimum absolute atomic E-state index is 0.0425. The Morgan fingerprint density at radius 3 is 2.95 bits per heavy atom.